The molecule has 1 N–H and O–H groups in total. The third kappa shape index (κ3) is 5.09. The summed E-state index contributed by atoms with van der Waals surface area (Å²) in [6.07, 6.45) is 0. The Morgan fingerprint density at radius 1 is 1.35 bits per heavy atom. The molecule has 0 fully saturated rings. The van der Waals surface area contributed by atoms with E-state index in [0.717, 1.165) is 33.2 Å². The Kier molecular flexibility index (Phi) is 6.68. The molecule has 1 heterocycles. The molecule has 1 aromatic carbocycles. The van der Waals surface area contributed by atoms with E-state index >= 15 is 0 Å². The molecule has 0 saturated heterocycles. The summed E-state index contributed by atoms with van der Waals surface area (Å²) >= 11 is 4.81. The van der Waals surface area contributed by atoms with E-state index in [1.165, 1.54) is 11.8 Å². The summed E-state index contributed by atoms with van der Waals surface area (Å²) in [5, 5.41) is 3.73. The molecule has 0 aliphatic carbocycles. The van der Waals surface area contributed by atoms with Gasteiger partial charge in [0.15, 0.2) is 5.16 Å². The molecule has 5 nitrogen and oxygen atoms in total. The van der Waals surface area contributed by atoms with Crippen molar-refractivity contribution in [3.8, 4) is 0 Å². The Balaban J connectivity index is 1.95. The van der Waals surface area contributed by atoms with Crippen molar-refractivity contribution in [1.82, 2.24) is 9.55 Å². The number of methoxy groups -OCH3 is 1. The molecular weight excluding hydrogens is 378 g/mol. The van der Waals surface area contributed by atoms with Gasteiger partial charge in [0.25, 0.3) is 0 Å². The average molecular weight is 398 g/mol. The van der Waals surface area contributed by atoms with Gasteiger partial charge in [0.2, 0.25) is 5.91 Å². The number of aromatic nitrogens is 2. The normalized spacial score (nSPS) is 10.8. The molecule has 0 aliphatic heterocycles. The summed E-state index contributed by atoms with van der Waals surface area (Å²) in [7, 11) is 1.68. The molecule has 0 radical (unpaired) electrons. The number of carbonyl (C=O) groups is 1. The lowest BCUT2D eigenvalue weighted by Gasteiger charge is -2.09. The van der Waals surface area contributed by atoms with Gasteiger partial charge < -0.3 is 14.6 Å². The van der Waals surface area contributed by atoms with Gasteiger partial charge in [-0.15, -0.1) is 0 Å². The Hall–Kier alpha value is -1.31. The predicted molar refractivity (Wildman–Crippen MR) is 97.1 cm³/mol. The van der Waals surface area contributed by atoms with Crippen molar-refractivity contribution in [2.45, 2.75) is 25.5 Å². The topological polar surface area (TPSA) is 56.1 Å². The first-order valence-corrected chi connectivity index (χ1v) is 9.00. The van der Waals surface area contributed by atoms with Crippen LogP contribution in [0.3, 0.4) is 0 Å². The van der Waals surface area contributed by atoms with Gasteiger partial charge in [0.05, 0.1) is 18.1 Å². The molecule has 0 atom stereocenters. The van der Waals surface area contributed by atoms with Crippen LogP contribution in [0.25, 0.3) is 0 Å². The van der Waals surface area contributed by atoms with Crippen LogP contribution in [0.2, 0.25) is 0 Å². The minimum absolute atomic E-state index is 0.0473. The number of amides is 1. The molecule has 7 heteroatoms. The Morgan fingerprint density at radius 2 is 2.04 bits per heavy atom. The second-order valence-electron chi connectivity index (χ2n) is 5.05. The standard InChI is InChI=1S/C16H20BrN3O2S/c1-11-12(2)20(8-9-22-3)16(18-11)23-10-15(21)19-14-6-4-13(17)5-7-14/h4-7H,8-10H2,1-3H3,(H,19,21). The molecular formula is C16H20BrN3O2S. The number of rotatable bonds is 7. The fourth-order valence-corrected chi connectivity index (χ4v) is 3.22. The molecule has 0 saturated carbocycles. The van der Waals surface area contributed by atoms with E-state index in [1.54, 1.807) is 7.11 Å². The van der Waals surface area contributed by atoms with E-state index in [1.807, 2.05) is 38.1 Å². The molecule has 0 bridgehead atoms. The number of halogens is 1. The maximum absolute atomic E-state index is 12.1. The van der Waals surface area contributed by atoms with Gasteiger partial charge in [-0.3, -0.25) is 4.79 Å². The first kappa shape index (κ1) is 18.0. The van der Waals surface area contributed by atoms with E-state index < -0.39 is 0 Å². The van der Waals surface area contributed by atoms with Crippen molar-refractivity contribution in [3.05, 3.63) is 40.1 Å². The van der Waals surface area contributed by atoms with Gasteiger partial charge in [0.1, 0.15) is 0 Å². The zero-order valence-electron chi connectivity index (χ0n) is 13.4. The molecule has 0 aliphatic rings. The van der Waals surface area contributed by atoms with E-state index in [0.29, 0.717) is 12.4 Å². The third-order valence-electron chi connectivity index (χ3n) is 3.40. The lowest BCUT2D eigenvalue weighted by Crippen LogP contribution is -2.15. The highest BCUT2D eigenvalue weighted by Gasteiger charge is 2.13. The zero-order valence-corrected chi connectivity index (χ0v) is 15.8. The number of aryl methyl sites for hydroxylation is 1. The highest BCUT2D eigenvalue weighted by atomic mass is 79.9. The summed E-state index contributed by atoms with van der Waals surface area (Å²) < 4.78 is 8.21. The Labute approximate surface area is 148 Å². The van der Waals surface area contributed by atoms with Gasteiger partial charge in [-0.1, -0.05) is 27.7 Å². The number of thioether (sulfide) groups is 1. The average Bonchev–Trinajstić information content (AvgIpc) is 2.80. The van der Waals surface area contributed by atoms with E-state index in [4.69, 9.17) is 4.74 Å². The fourth-order valence-electron chi connectivity index (χ4n) is 2.04. The van der Waals surface area contributed by atoms with Crippen molar-refractivity contribution < 1.29 is 9.53 Å². The summed E-state index contributed by atoms with van der Waals surface area (Å²) in [5.74, 6) is 0.271. The maximum Gasteiger partial charge on any atom is 0.234 e. The van der Waals surface area contributed by atoms with Crippen LogP contribution in [0.1, 0.15) is 11.4 Å². The number of hydrogen-bond acceptors (Lipinski definition) is 4. The predicted octanol–water partition coefficient (Wildman–Crippen LogP) is 3.64. The number of hydrogen-bond donors (Lipinski definition) is 1. The SMILES string of the molecule is COCCn1c(SCC(=O)Nc2ccc(Br)cc2)nc(C)c1C. The number of nitrogens with one attached hydrogen (secondary N) is 1. The smallest absolute Gasteiger partial charge is 0.234 e. The monoisotopic (exact) mass is 397 g/mol. The minimum atomic E-state index is -0.0473. The van der Waals surface area contributed by atoms with Gasteiger partial charge in [-0.05, 0) is 38.1 Å². The molecule has 2 aromatic rings. The summed E-state index contributed by atoms with van der Waals surface area (Å²) in [4.78, 5) is 16.6. The van der Waals surface area contributed by atoms with E-state index in [2.05, 4.69) is 30.8 Å². The first-order chi connectivity index (χ1) is 11.0. The molecule has 0 spiro atoms. The highest BCUT2D eigenvalue weighted by molar-refractivity contribution is 9.10. The van der Waals surface area contributed by atoms with Crippen molar-refractivity contribution >= 4 is 39.3 Å². The van der Waals surface area contributed by atoms with E-state index in [-0.39, 0.29) is 5.91 Å². The van der Waals surface area contributed by atoms with Crippen molar-refractivity contribution in [1.29, 1.82) is 0 Å². The number of carbonyl (C=O) groups excluding carboxylic acids is 1. The molecule has 1 aromatic heterocycles. The number of anilines is 1. The molecule has 2 rings (SSSR count). The Morgan fingerprint density at radius 3 is 2.70 bits per heavy atom. The Bertz CT molecular complexity index is 671. The van der Waals surface area contributed by atoms with Gasteiger partial charge >= 0.3 is 0 Å². The third-order valence-corrected chi connectivity index (χ3v) is 4.91. The van der Waals surface area contributed by atoms with E-state index in [9.17, 15) is 4.79 Å². The van der Waals surface area contributed by atoms with Crippen LogP contribution in [0.15, 0.2) is 33.9 Å². The van der Waals surface area contributed by atoms with Crippen LogP contribution in [-0.2, 0) is 16.1 Å². The number of imidazole rings is 1. The largest absolute Gasteiger partial charge is 0.383 e. The number of benzene rings is 1. The van der Waals surface area contributed by atoms with Crippen molar-refractivity contribution in [2.75, 3.05) is 24.8 Å². The van der Waals surface area contributed by atoms with Crippen molar-refractivity contribution in [3.63, 3.8) is 0 Å². The minimum Gasteiger partial charge on any atom is -0.383 e. The van der Waals surface area contributed by atoms with Crippen LogP contribution in [0.4, 0.5) is 5.69 Å². The second-order valence-corrected chi connectivity index (χ2v) is 6.91. The van der Waals surface area contributed by atoms with Gasteiger partial charge in [-0.2, -0.15) is 0 Å². The van der Waals surface area contributed by atoms with Gasteiger partial charge in [0, 0.05) is 29.5 Å². The number of ether oxygens (including phenoxy) is 1. The molecule has 0 unspecified atom stereocenters. The van der Waals surface area contributed by atoms with Crippen LogP contribution in [-0.4, -0.2) is 34.9 Å². The summed E-state index contributed by atoms with van der Waals surface area (Å²) in [5.41, 5.74) is 2.88. The van der Waals surface area contributed by atoms with Crippen LogP contribution < -0.4 is 5.32 Å². The summed E-state index contributed by atoms with van der Waals surface area (Å²) in [6, 6.07) is 7.51. The fraction of sp³-hybridized carbons (Fsp3) is 0.375. The van der Waals surface area contributed by atoms with Gasteiger partial charge in [-0.25, -0.2) is 4.98 Å². The molecule has 23 heavy (non-hydrogen) atoms. The quantitative estimate of drug-likeness (QED) is 0.724. The maximum atomic E-state index is 12.1. The molecule has 124 valence electrons. The lowest BCUT2D eigenvalue weighted by molar-refractivity contribution is -0.113. The number of nitrogens with zero attached hydrogens (tertiary/aromatic N) is 2. The zero-order chi connectivity index (χ0) is 16.8. The van der Waals surface area contributed by atoms with Crippen LogP contribution in [0, 0.1) is 13.8 Å². The lowest BCUT2D eigenvalue weighted by atomic mass is 10.3. The first-order valence-electron chi connectivity index (χ1n) is 7.22. The summed E-state index contributed by atoms with van der Waals surface area (Å²) in [6.45, 7) is 5.36. The molecule has 1 amide bonds. The van der Waals surface area contributed by atoms with Crippen LogP contribution >= 0.6 is 27.7 Å². The second kappa shape index (κ2) is 8.52. The van der Waals surface area contributed by atoms with Crippen LogP contribution in [0.5, 0.6) is 0 Å². The van der Waals surface area contributed by atoms with Crippen molar-refractivity contribution in [2.24, 2.45) is 0 Å². The highest BCUT2D eigenvalue weighted by Crippen LogP contribution is 2.21.